The summed E-state index contributed by atoms with van der Waals surface area (Å²) in [7, 11) is 0. The van der Waals surface area contributed by atoms with Crippen LogP contribution in [0, 0.1) is 0 Å². The van der Waals surface area contributed by atoms with Crippen molar-refractivity contribution in [2.45, 2.75) is 13.3 Å². The van der Waals surface area contributed by atoms with Gasteiger partial charge in [0, 0.05) is 11.4 Å². The van der Waals surface area contributed by atoms with Crippen molar-refractivity contribution in [1.29, 1.82) is 0 Å². The minimum Gasteiger partial charge on any atom is -0.301 e. The number of carbonyl (C=O) groups excluding carboxylic acids is 2. The van der Waals surface area contributed by atoms with Gasteiger partial charge in [0.1, 0.15) is 5.01 Å². The third-order valence-electron chi connectivity index (χ3n) is 2.33. The zero-order chi connectivity index (χ0) is 15.9. The van der Waals surface area contributed by atoms with E-state index in [0.29, 0.717) is 10.1 Å². The van der Waals surface area contributed by atoms with E-state index >= 15 is 0 Å². The highest BCUT2D eigenvalue weighted by atomic mass is 79.9. The highest BCUT2D eigenvalue weighted by Crippen LogP contribution is 2.15. The maximum atomic E-state index is 11.7. The molecule has 2 aromatic rings. The highest BCUT2D eigenvalue weighted by Gasteiger charge is 2.09. The van der Waals surface area contributed by atoms with Gasteiger partial charge in [-0.25, -0.2) is 5.43 Å². The number of carbonyl (C=O) groups is 2. The van der Waals surface area contributed by atoms with Crippen molar-refractivity contribution >= 4 is 50.4 Å². The van der Waals surface area contributed by atoms with Crippen LogP contribution in [0.5, 0.6) is 0 Å². The van der Waals surface area contributed by atoms with E-state index in [1.54, 1.807) is 6.21 Å². The zero-order valence-corrected chi connectivity index (χ0v) is 13.9. The molecule has 0 aliphatic carbocycles. The summed E-state index contributed by atoms with van der Waals surface area (Å²) in [6, 6.07) is 7.50. The Morgan fingerprint density at radius 2 is 2.05 bits per heavy atom. The Bertz CT molecular complexity index is 699. The first-order valence-corrected chi connectivity index (χ1v) is 7.81. The van der Waals surface area contributed by atoms with Crippen LogP contribution in [0.15, 0.2) is 33.8 Å². The molecule has 2 N–H and O–H groups in total. The number of nitrogens with one attached hydrogen (secondary N) is 2. The Morgan fingerprint density at radius 3 is 2.73 bits per heavy atom. The van der Waals surface area contributed by atoms with E-state index in [1.165, 1.54) is 6.92 Å². The Hall–Kier alpha value is -2.13. The molecule has 0 fully saturated rings. The van der Waals surface area contributed by atoms with Gasteiger partial charge < -0.3 is 5.32 Å². The molecular weight excluding hydrogens is 370 g/mol. The summed E-state index contributed by atoms with van der Waals surface area (Å²) in [5.74, 6) is -0.537. The van der Waals surface area contributed by atoms with Crippen molar-refractivity contribution in [1.82, 2.24) is 15.6 Å². The quantitative estimate of drug-likeness (QED) is 0.610. The summed E-state index contributed by atoms with van der Waals surface area (Å²) in [6.07, 6.45) is 1.60. The molecule has 1 aromatic heterocycles. The van der Waals surface area contributed by atoms with Crippen LogP contribution in [0.3, 0.4) is 0 Å². The molecule has 0 spiro atoms. The lowest BCUT2D eigenvalue weighted by molar-refractivity contribution is -0.120. The van der Waals surface area contributed by atoms with Crippen molar-refractivity contribution < 1.29 is 9.59 Å². The van der Waals surface area contributed by atoms with Crippen LogP contribution in [0.4, 0.5) is 5.13 Å². The number of benzene rings is 1. The van der Waals surface area contributed by atoms with Crippen LogP contribution in [0.25, 0.3) is 0 Å². The van der Waals surface area contributed by atoms with Crippen LogP contribution < -0.4 is 10.7 Å². The highest BCUT2D eigenvalue weighted by molar-refractivity contribution is 9.10. The predicted octanol–water partition coefficient (Wildman–Crippen LogP) is 1.95. The SMILES string of the molecule is CC(=O)Nc1nnc(CC(=O)N/N=C/c2ccc(Br)cc2)s1. The maximum absolute atomic E-state index is 11.7. The molecule has 0 atom stereocenters. The number of rotatable bonds is 5. The largest absolute Gasteiger partial charge is 0.301 e. The lowest BCUT2D eigenvalue weighted by Crippen LogP contribution is -2.19. The number of anilines is 1. The van der Waals surface area contributed by atoms with Gasteiger partial charge in [0.25, 0.3) is 0 Å². The molecule has 0 aliphatic rings. The summed E-state index contributed by atoms with van der Waals surface area (Å²) in [6.45, 7) is 1.38. The fourth-order valence-electron chi connectivity index (χ4n) is 1.43. The van der Waals surface area contributed by atoms with Gasteiger partial charge in [-0.3, -0.25) is 9.59 Å². The molecule has 0 bridgehead atoms. The molecule has 2 rings (SSSR count). The third-order valence-corrected chi connectivity index (χ3v) is 3.70. The molecule has 0 unspecified atom stereocenters. The van der Waals surface area contributed by atoms with E-state index in [-0.39, 0.29) is 18.2 Å². The van der Waals surface area contributed by atoms with E-state index in [1.807, 2.05) is 24.3 Å². The van der Waals surface area contributed by atoms with Crippen molar-refractivity contribution in [2.75, 3.05) is 5.32 Å². The number of aromatic nitrogens is 2. The maximum Gasteiger partial charge on any atom is 0.247 e. The average molecular weight is 382 g/mol. The van der Waals surface area contributed by atoms with Gasteiger partial charge in [0.05, 0.1) is 12.6 Å². The van der Waals surface area contributed by atoms with Crippen molar-refractivity contribution in [3.05, 3.63) is 39.3 Å². The smallest absolute Gasteiger partial charge is 0.247 e. The monoisotopic (exact) mass is 381 g/mol. The van der Waals surface area contributed by atoms with E-state index in [4.69, 9.17) is 0 Å². The first kappa shape index (κ1) is 16.2. The van der Waals surface area contributed by atoms with E-state index in [9.17, 15) is 9.59 Å². The van der Waals surface area contributed by atoms with Crippen molar-refractivity contribution in [3.63, 3.8) is 0 Å². The summed E-state index contributed by atoms with van der Waals surface area (Å²) in [4.78, 5) is 22.6. The Kier molecular flexibility index (Phi) is 5.73. The van der Waals surface area contributed by atoms with Crippen LogP contribution in [-0.4, -0.2) is 28.2 Å². The molecular formula is C13H12BrN5O2S. The van der Waals surface area contributed by atoms with Crippen LogP contribution in [0.1, 0.15) is 17.5 Å². The topological polar surface area (TPSA) is 96.3 Å². The van der Waals surface area contributed by atoms with Crippen LogP contribution in [-0.2, 0) is 16.0 Å². The van der Waals surface area contributed by atoms with E-state index < -0.39 is 0 Å². The number of halogens is 1. The molecule has 1 aromatic carbocycles. The second-order valence-electron chi connectivity index (χ2n) is 4.20. The number of hydrazone groups is 1. The van der Waals surface area contributed by atoms with E-state index in [2.05, 4.69) is 42.0 Å². The second-order valence-corrected chi connectivity index (χ2v) is 6.18. The lowest BCUT2D eigenvalue weighted by atomic mass is 10.2. The fraction of sp³-hybridized carbons (Fsp3) is 0.154. The number of hydrogen-bond donors (Lipinski definition) is 2. The number of amides is 2. The molecule has 0 saturated heterocycles. The first-order valence-electron chi connectivity index (χ1n) is 6.20. The molecule has 1 heterocycles. The minimum atomic E-state index is -0.307. The zero-order valence-electron chi connectivity index (χ0n) is 11.5. The standard InChI is InChI=1S/C13H12BrN5O2S/c1-8(20)16-13-19-18-12(22-13)6-11(21)17-15-7-9-2-4-10(14)5-3-9/h2-5,7H,6H2,1H3,(H,17,21)(H,16,19,20)/b15-7+. The molecule has 22 heavy (non-hydrogen) atoms. The van der Waals surface area contributed by atoms with Gasteiger partial charge in [0.15, 0.2) is 0 Å². The molecule has 9 heteroatoms. The first-order chi connectivity index (χ1) is 10.5. The molecule has 0 saturated carbocycles. The van der Waals surface area contributed by atoms with Gasteiger partial charge in [-0.2, -0.15) is 5.10 Å². The average Bonchev–Trinajstić information content (AvgIpc) is 2.87. The summed E-state index contributed by atoms with van der Waals surface area (Å²) in [5.41, 5.74) is 3.28. The predicted molar refractivity (Wildman–Crippen MR) is 87.8 cm³/mol. The molecule has 2 amide bonds. The van der Waals surface area contributed by atoms with Gasteiger partial charge in [-0.1, -0.05) is 39.4 Å². The van der Waals surface area contributed by atoms with Gasteiger partial charge in [-0.15, -0.1) is 10.2 Å². The van der Waals surface area contributed by atoms with Crippen molar-refractivity contribution in [2.24, 2.45) is 5.10 Å². The molecule has 114 valence electrons. The third kappa shape index (κ3) is 5.34. The van der Waals surface area contributed by atoms with E-state index in [0.717, 1.165) is 21.4 Å². The second kappa shape index (κ2) is 7.76. The number of nitrogens with zero attached hydrogens (tertiary/aromatic N) is 3. The Morgan fingerprint density at radius 1 is 1.32 bits per heavy atom. The van der Waals surface area contributed by atoms with Crippen molar-refractivity contribution in [3.8, 4) is 0 Å². The normalized spacial score (nSPS) is 10.6. The van der Waals surface area contributed by atoms with Gasteiger partial charge in [0.2, 0.25) is 16.9 Å². The van der Waals surface area contributed by atoms with Gasteiger partial charge >= 0.3 is 0 Å². The lowest BCUT2D eigenvalue weighted by Gasteiger charge is -1.97. The van der Waals surface area contributed by atoms with Gasteiger partial charge in [-0.05, 0) is 17.7 Å². The minimum absolute atomic E-state index is 0.0505. The summed E-state index contributed by atoms with van der Waals surface area (Å²) < 4.78 is 0.972. The molecule has 0 radical (unpaired) electrons. The fourth-order valence-corrected chi connectivity index (χ4v) is 2.48. The summed E-state index contributed by atoms with van der Waals surface area (Å²) >= 11 is 4.49. The molecule has 7 nitrogen and oxygen atoms in total. The van der Waals surface area contributed by atoms with Crippen LogP contribution >= 0.6 is 27.3 Å². The number of hydrogen-bond acceptors (Lipinski definition) is 6. The Balaban J connectivity index is 1.83. The molecule has 0 aliphatic heterocycles. The Labute approximate surface area is 139 Å². The van der Waals surface area contributed by atoms with Crippen LogP contribution in [0.2, 0.25) is 0 Å². The summed E-state index contributed by atoms with van der Waals surface area (Å²) in [5, 5.41) is 14.8.